The van der Waals surface area contributed by atoms with Crippen molar-refractivity contribution in [2.24, 2.45) is 0 Å². The maximum atomic E-state index is 13.3. The van der Waals surface area contributed by atoms with Crippen molar-refractivity contribution in [1.82, 2.24) is 8.54 Å². The summed E-state index contributed by atoms with van der Waals surface area (Å²) >= 11 is -2.49. The Hall–Kier alpha value is -2.74. The van der Waals surface area contributed by atoms with Crippen molar-refractivity contribution in [3.05, 3.63) is 67.9 Å². The summed E-state index contributed by atoms with van der Waals surface area (Å²) in [6, 6.07) is 5.86. The Balaban J connectivity index is 2.44. The summed E-state index contributed by atoms with van der Waals surface area (Å²) in [5.74, 6) is -0.832. The van der Waals surface area contributed by atoms with Gasteiger partial charge in [-0.3, -0.25) is 19.5 Å². The van der Waals surface area contributed by atoms with E-state index in [-0.39, 0.29) is 19.9 Å². The number of carbonyl (C=O) groups excluding carboxylic acids is 1. The highest BCUT2D eigenvalue weighted by molar-refractivity contribution is 14.2. The molecule has 10 nitrogen and oxygen atoms in total. The number of imidazole rings is 1. The largest absolute Gasteiger partial charge is 0.468 e. The van der Waals surface area contributed by atoms with Crippen LogP contribution in [0.2, 0.25) is 0 Å². The van der Waals surface area contributed by atoms with Crippen molar-refractivity contribution in [3.63, 3.8) is 0 Å². The van der Waals surface area contributed by atoms with Crippen molar-refractivity contribution < 1.29 is 22.9 Å². The van der Waals surface area contributed by atoms with Gasteiger partial charge in [0.25, 0.3) is 10.0 Å². The SMILES string of the molecule is COC(=O)Cn1c2c(n(S(=O)(=O)c3ccc(C)cc3)c1=O)C=CC=I(C)=C2[N+](=O)[O-]. The molecule has 12 heteroatoms. The first-order valence-electron chi connectivity index (χ1n) is 8.46. The zero-order valence-corrected chi connectivity index (χ0v) is 19.2. The van der Waals surface area contributed by atoms with E-state index in [1.165, 1.54) is 24.3 Å². The topological polar surface area (TPSA) is 131 Å². The highest BCUT2D eigenvalue weighted by Crippen LogP contribution is 2.25. The number of fused-ring (bicyclic) bond motifs is 1. The Labute approximate surface area is 178 Å². The van der Waals surface area contributed by atoms with E-state index in [9.17, 15) is 28.1 Å². The van der Waals surface area contributed by atoms with Crippen LogP contribution in [-0.4, -0.2) is 47.5 Å². The van der Waals surface area contributed by atoms with Crippen LogP contribution in [0.1, 0.15) is 17.0 Å². The molecule has 0 spiro atoms. The Kier molecular flexibility index (Phi) is 5.99. The molecule has 0 fully saturated rings. The van der Waals surface area contributed by atoms with Crippen molar-refractivity contribution in [3.8, 4) is 0 Å². The number of carbonyl (C=O) groups is 1. The second-order valence-corrected chi connectivity index (χ2v) is 12.8. The fraction of sp³-hybridized carbons (Fsp3) is 0.222. The summed E-state index contributed by atoms with van der Waals surface area (Å²) in [6.07, 6.45) is 2.87. The van der Waals surface area contributed by atoms with E-state index in [1.54, 1.807) is 28.0 Å². The minimum atomic E-state index is -4.38. The summed E-state index contributed by atoms with van der Waals surface area (Å²) in [7, 11) is -3.28. The molecule has 2 aromatic rings. The predicted octanol–water partition coefficient (Wildman–Crippen LogP) is 1.09. The molecule has 1 aliphatic rings. The van der Waals surface area contributed by atoms with Gasteiger partial charge in [-0.15, -0.1) is 0 Å². The molecular weight excluding hydrogens is 529 g/mol. The van der Waals surface area contributed by atoms with Gasteiger partial charge < -0.3 is 4.74 Å². The standard InChI is InChI=1S/C18H18IN3O7S/c1-12-6-8-13(9-7-12)30(27,28)21-14-5-4-10-19(2)17(22(25)26)16(14)20(18(21)24)11-15(23)29-3/h4-10H,11H2,1-3H3. The second kappa shape index (κ2) is 8.18. The summed E-state index contributed by atoms with van der Waals surface area (Å²) < 4.78 is 33.9. The molecule has 0 N–H and O–H groups in total. The van der Waals surface area contributed by atoms with E-state index in [4.69, 9.17) is 0 Å². The van der Waals surface area contributed by atoms with Gasteiger partial charge in [-0.25, -0.2) is 13.2 Å². The number of alkyl halides is 1. The van der Waals surface area contributed by atoms with Crippen LogP contribution in [0.25, 0.3) is 6.08 Å². The van der Waals surface area contributed by atoms with Gasteiger partial charge in [-0.05, 0) is 34.1 Å². The number of esters is 1. The third-order valence-corrected chi connectivity index (χ3v) is 10.1. The smallest absolute Gasteiger partial charge is 0.344 e. The van der Waals surface area contributed by atoms with Gasteiger partial charge in [-0.2, -0.15) is 3.97 Å². The molecule has 0 unspecified atom stereocenters. The molecular formula is C18H18IN3O7S. The first kappa shape index (κ1) is 22.0. The first-order chi connectivity index (χ1) is 14.1. The number of allylic oxidation sites excluding steroid dienone is 1. The first-order valence-corrected chi connectivity index (χ1v) is 14.4. The second-order valence-electron chi connectivity index (χ2n) is 6.31. The van der Waals surface area contributed by atoms with E-state index in [0.29, 0.717) is 3.97 Å². The third-order valence-electron chi connectivity index (χ3n) is 4.36. The number of ether oxygens (including phenoxy) is 1. The molecule has 0 atom stereocenters. The Morgan fingerprint density at radius 3 is 2.47 bits per heavy atom. The molecule has 1 aromatic heterocycles. The quantitative estimate of drug-likeness (QED) is 0.180. The number of benzene rings is 1. The number of hydrogen-bond acceptors (Lipinski definition) is 7. The van der Waals surface area contributed by atoms with Gasteiger partial charge in [0.2, 0.25) is 0 Å². The molecule has 1 aromatic carbocycles. The summed E-state index contributed by atoms with van der Waals surface area (Å²) in [4.78, 5) is 37.8. The van der Waals surface area contributed by atoms with E-state index >= 15 is 0 Å². The van der Waals surface area contributed by atoms with E-state index in [2.05, 4.69) is 4.74 Å². The van der Waals surface area contributed by atoms with Crippen molar-refractivity contribution in [1.29, 1.82) is 0 Å². The number of halogens is 1. The zero-order chi connectivity index (χ0) is 22.2. The lowest BCUT2D eigenvalue weighted by molar-refractivity contribution is -0.343. The summed E-state index contributed by atoms with van der Waals surface area (Å²) in [6.45, 7) is 1.13. The molecule has 0 saturated heterocycles. The van der Waals surface area contributed by atoms with Crippen molar-refractivity contribution in [2.75, 3.05) is 12.0 Å². The fourth-order valence-corrected chi connectivity index (χ4v) is 7.49. The van der Waals surface area contributed by atoms with Gasteiger partial charge in [0.05, 0.1) is 22.6 Å². The zero-order valence-electron chi connectivity index (χ0n) is 16.2. The van der Waals surface area contributed by atoms with Crippen LogP contribution in [-0.2, 0) is 26.1 Å². The number of nitro groups is 1. The van der Waals surface area contributed by atoms with Gasteiger partial charge in [0.15, 0.2) is 5.69 Å². The average Bonchev–Trinajstić information content (AvgIpc) is 2.83. The molecule has 3 rings (SSSR count). The van der Waals surface area contributed by atoms with E-state index in [1.807, 2.05) is 0 Å². The van der Waals surface area contributed by atoms with Gasteiger partial charge in [0, 0.05) is 0 Å². The third kappa shape index (κ3) is 3.71. The van der Waals surface area contributed by atoms with E-state index < -0.39 is 52.0 Å². The molecule has 0 aliphatic carbocycles. The van der Waals surface area contributed by atoms with Crippen LogP contribution in [0.5, 0.6) is 0 Å². The molecule has 2 heterocycles. The van der Waals surface area contributed by atoms with Gasteiger partial charge in [0.1, 0.15) is 6.54 Å². The number of nitrogens with zero attached hydrogens (tertiary/aromatic N) is 3. The number of aromatic nitrogens is 2. The maximum Gasteiger partial charge on any atom is 0.344 e. The lowest BCUT2D eigenvalue weighted by Crippen LogP contribution is -2.33. The Morgan fingerprint density at radius 2 is 1.90 bits per heavy atom. The van der Waals surface area contributed by atoms with Crippen molar-refractivity contribution in [2.45, 2.75) is 18.4 Å². The van der Waals surface area contributed by atoms with Gasteiger partial charge >= 0.3 is 15.3 Å². The normalized spacial score (nSPS) is 14.0. The number of rotatable bonds is 5. The Bertz CT molecular complexity index is 1340. The molecule has 0 radical (unpaired) electrons. The van der Waals surface area contributed by atoms with Crippen LogP contribution in [0, 0.1) is 17.0 Å². The molecule has 1 aliphatic heterocycles. The highest BCUT2D eigenvalue weighted by Gasteiger charge is 2.35. The Morgan fingerprint density at radius 1 is 1.27 bits per heavy atom. The molecule has 160 valence electrons. The van der Waals surface area contributed by atoms with E-state index in [0.717, 1.165) is 17.2 Å². The van der Waals surface area contributed by atoms with Crippen LogP contribution >= 0.6 is 18.9 Å². The monoisotopic (exact) mass is 547 g/mol. The number of methoxy groups -OCH3 is 1. The maximum absolute atomic E-state index is 13.3. The van der Waals surface area contributed by atoms with Crippen LogP contribution in [0.3, 0.4) is 0 Å². The summed E-state index contributed by atoms with van der Waals surface area (Å²) in [5, 5.41) is 11.8. The predicted molar refractivity (Wildman–Crippen MR) is 121 cm³/mol. The number of aryl methyl sites for hydroxylation is 1. The summed E-state index contributed by atoms with van der Waals surface area (Å²) in [5.41, 5.74) is -0.582. The molecule has 30 heavy (non-hydrogen) atoms. The lowest BCUT2D eigenvalue weighted by atomic mass is 10.2. The average molecular weight is 547 g/mol. The number of hydrogen-bond donors (Lipinski definition) is 0. The molecule has 0 amide bonds. The minimum Gasteiger partial charge on any atom is -0.468 e. The van der Waals surface area contributed by atoms with Crippen LogP contribution in [0.4, 0.5) is 0 Å². The highest BCUT2D eigenvalue weighted by atomic mass is 127. The van der Waals surface area contributed by atoms with Crippen LogP contribution in [0.15, 0.2) is 40.0 Å². The van der Waals surface area contributed by atoms with Crippen molar-refractivity contribution >= 4 is 48.6 Å². The lowest BCUT2D eigenvalue weighted by Gasteiger charge is -2.07. The molecule has 0 bridgehead atoms. The minimum absolute atomic E-state index is 0.149. The van der Waals surface area contributed by atoms with Crippen LogP contribution < -0.4 is 5.69 Å². The van der Waals surface area contributed by atoms with Gasteiger partial charge in [-0.1, -0.05) is 42.6 Å². The molecule has 0 saturated carbocycles. The fourth-order valence-electron chi connectivity index (χ4n) is 2.93.